The van der Waals surface area contributed by atoms with Crippen molar-refractivity contribution in [3.63, 3.8) is 0 Å². The van der Waals surface area contributed by atoms with Gasteiger partial charge in [0.2, 0.25) is 5.91 Å². The number of pyridine rings is 1. The van der Waals surface area contributed by atoms with Gasteiger partial charge in [-0.2, -0.15) is 13.2 Å². The zero-order valence-electron chi connectivity index (χ0n) is 13.0. The van der Waals surface area contributed by atoms with E-state index >= 15 is 0 Å². The normalized spacial score (nSPS) is 22.9. The molecule has 1 saturated carbocycles. The predicted octanol–water partition coefficient (Wildman–Crippen LogP) is 4.28. The quantitative estimate of drug-likeness (QED) is 0.847. The number of aromatic nitrogens is 1. The Hall–Kier alpha value is -1.85. The van der Waals surface area contributed by atoms with Crippen molar-refractivity contribution < 1.29 is 18.0 Å². The Morgan fingerprint density at radius 1 is 1.32 bits per heavy atom. The number of allylic oxidation sites excluding steroid dienone is 2. The molecule has 6 heteroatoms. The van der Waals surface area contributed by atoms with E-state index in [9.17, 15) is 18.0 Å². The number of halogens is 3. The highest BCUT2D eigenvalue weighted by Gasteiger charge is 2.60. The van der Waals surface area contributed by atoms with Gasteiger partial charge >= 0.3 is 6.18 Å². The van der Waals surface area contributed by atoms with Gasteiger partial charge < -0.3 is 5.32 Å². The molecule has 0 aliphatic heterocycles. The van der Waals surface area contributed by atoms with Crippen molar-refractivity contribution in [1.82, 2.24) is 4.98 Å². The Bertz CT molecular complexity index is 616. The number of alkyl halides is 3. The molecule has 2 rings (SSSR count). The second-order valence-corrected chi connectivity index (χ2v) is 6.46. The molecular weight excluding hydrogens is 293 g/mol. The van der Waals surface area contributed by atoms with Gasteiger partial charge in [0.15, 0.2) is 0 Å². The van der Waals surface area contributed by atoms with E-state index in [-0.39, 0.29) is 29.0 Å². The van der Waals surface area contributed by atoms with Gasteiger partial charge in [-0.3, -0.25) is 4.79 Å². The highest BCUT2D eigenvalue weighted by Crippen LogP contribution is 2.59. The van der Waals surface area contributed by atoms with Gasteiger partial charge in [0, 0.05) is 0 Å². The first-order valence-electron chi connectivity index (χ1n) is 7.03. The second-order valence-electron chi connectivity index (χ2n) is 6.46. The van der Waals surface area contributed by atoms with E-state index in [1.807, 2.05) is 33.8 Å². The molecule has 2 atom stereocenters. The minimum atomic E-state index is -4.52. The molecule has 1 fully saturated rings. The summed E-state index contributed by atoms with van der Waals surface area (Å²) in [6, 6.07) is 3.47. The van der Waals surface area contributed by atoms with E-state index in [1.54, 1.807) is 0 Å². The molecule has 0 saturated heterocycles. The molecular formula is C16H19F3N2O. The van der Waals surface area contributed by atoms with Crippen molar-refractivity contribution in [3.8, 4) is 0 Å². The third-order valence-corrected chi connectivity index (χ3v) is 4.00. The maximum absolute atomic E-state index is 12.6. The maximum Gasteiger partial charge on any atom is 0.433 e. The summed E-state index contributed by atoms with van der Waals surface area (Å²) in [6.45, 7) is 7.86. The number of rotatable bonds is 3. The predicted molar refractivity (Wildman–Crippen MR) is 78.1 cm³/mol. The van der Waals surface area contributed by atoms with Crippen LogP contribution in [-0.2, 0) is 11.0 Å². The Labute approximate surface area is 127 Å². The van der Waals surface area contributed by atoms with Crippen molar-refractivity contribution >= 4 is 11.7 Å². The van der Waals surface area contributed by atoms with Gasteiger partial charge in [0.05, 0.1) is 5.92 Å². The molecule has 0 bridgehead atoms. The van der Waals surface area contributed by atoms with E-state index in [2.05, 4.69) is 10.3 Å². The molecule has 1 aromatic heterocycles. The second kappa shape index (κ2) is 5.41. The minimum Gasteiger partial charge on any atom is -0.310 e. The highest BCUT2D eigenvalue weighted by molar-refractivity contribution is 5.95. The molecule has 1 aromatic rings. The Morgan fingerprint density at radius 3 is 2.50 bits per heavy atom. The summed E-state index contributed by atoms with van der Waals surface area (Å²) >= 11 is 0. The lowest BCUT2D eigenvalue weighted by Crippen LogP contribution is -2.19. The van der Waals surface area contributed by atoms with Crippen LogP contribution >= 0.6 is 0 Å². The summed E-state index contributed by atoms with van der Waals surface area (Å²) in [7, 11) is 0. The molecule has 1 aliphatic rings. The number of anilines is 1. The van der Waals surface area contributed by atoms with Crippen LogP contribution in [0, 0.1) is 17.3 Å². The van der Waals surface area contributed by atoms with Crippen molar-refractivity contribution in [1.29, 1.82) is 0 Å². The number of carbonyl (C=O) groups is 1. The fraction of sp³-hybridized carbons (Fsp3) is 0.500. The van der Waals surface area contributed by atoms with Crippen LogP contribution in [0.25, 0.3) is 0 Å². The number of hydrogen-bond donors (Lipinski definition) is 1. The molecule has 2 unspecified atom stereocenters. The van der Waals surface area contributed by atoms with Crippen LogP contribution in [-0.4, -0.2) is 10.9 Å². The summed E-state index contributed by atoms with van der Waals surface area (Å²) < 4.78 is 37.9. The van der Waals surface area contributed by atoms with Crippen LogP contribution in [0.2, 0.25) is 0 Å². The first kappa shape index (κ1) is 16.5. The molecule has 1 N–H and O–H groups in total. The Kier molecular flexibility index (Phi) is 4.06. The SMILES string of the molecule is CC(C)=CC1C(C(=O)Nc2cccc(C(F)(F)F)n2)C1(C)C. The smallest absolute Gasteiger partial charge is 0.310 e. The van der Waals surface area contributed by atoms with E-state index in [0.29, 0.717) is 0 Å². The third-order valence-electron chi connectivity index (χ3n) is 4.00. The summed E-state index contributed by atoms with van der Waals surface area (Å²) in [5.41, 5.74) is -0.0880. The zero-order chi connectivity index (χ0) is 16.7. The molecule has 22 heavy (non-hydrogen) atoms. The number of carbonyl (C=O) groups excluding carboxylic acids is 1. The van der Waals surface area contributed by atoms with Crippen LogP contribution < -0.4 is 5.32 Å². The van der Waals surface area contributed by atoms with E-state index < -0.39 is 11.9 Å². The van der Waals surface area contributed by atoms with Crippen molar-refractivity contribution in [3.05, 3.63) is 35.5 Å². The summed E-state index contributed by atoms with van der Waals surface area (Å²) in [5.74, 6) is -0.514. The van der Waals surface area contributed by atoms with Crippen molar-refractivity contribution in [2.24, 2.45) is 17.3 Å². The summed E-state index contributed by atoms with van der Waals surface area (Å²) in [4.78, 5) is 15.7. The summed E-state index contributed by atoms with van der Waals surface area (Å²) in [6.07, 6.45) is -2.49. The molecule has 1 amide bonds. The lowest BCUT2D eigenvalue weighted by Gasteiger charge is -2.09. The maximum atomic E-state index is 12.6. The average Bonchev–Trinajstić information content (AvgIpc) is 2.89. The fourth-order valence-electron chi connectivity index (χ4n) is 2.71. The van der Waals surface area contributed by atoms with Crippen LogP contribution in [0.5, 0.6) is 0 Å². The van der Waals surface area contributed by atoms with Gasteiger partial charge in [0.25, 0.3) is 0 Å². The minimum absolute atomic E-state index is 0.0709. The lowest BCUT2D eigenvalue weighted by atomic mass is 10.1. The molecule has 3 nitrogen and oxygen atoms in total. The van der Waals surface area contributed by atoms with Gasteiger partial charge in [-0.1, -0.05) is 31.6 Å². The monoisotopic (exact) mass is 312 g/mol. The molecule has 120 valence electrons. The van der Waals surface area contributed by atoms with Gasteiger partial charge in [0.1, 0.15) is 11.5 Å². The number of nitrogens with zero attached hydrogens (tertiary/aromatic N) is 1. The lowest BCUT2D eigenvalue weighted by molar-refractivity contribution is -0.141. The first-order chi connectivity index (χ1) is 10.0. The average molecular weight is 312 g/mol. The van der Waals surface area contributed by atoms with E-state index in [4.69, 9.17) is 0 Å². The van der Waals surface area contributed by atoms with Crippen LogP contribution in [0.1, 0.15) is 33.4 Å². The van der Waals surface area contributed by atoms with Crippen LogP contribution in [0.3, 0.4) is 0 Å². The number of nitrogens with one attached hydrogen (secondary N) is 1. The molecule has 1 aliphatic carbocycles. The molecule has 0 spiro atoms. The third kappa shape index (κ3) is 3.31. The van der Waals surface area contributed by atoms with E-state index in [1.165, 1.54) is 12.1 Å². The molecule has 0 aromatic carbocycles. The van der Waals surface area contributed by atoms with Crippen LogP contribution in [0.4, 0.5) is 19.0 Å². The van der Waals surface area contributed by atoms with Crippen molar-refractivity contribution in [2.45, 2.75) is 33.9 Å². The number of hydrogen-bond acceptors (Lipinski definition) is 2. The standard InChI is InChI=1S/C16H19F3N2O/c1-9(2)8-10-13(15(10,3)4)14(22)21-12-7-5-6-11(20-12)16(17,18)19/h5-8,10,13H,1-4H3,(H,20,21,22). The zero-order valence-corrected chi connectivity index (χ0v) is 13.0. The Balaban J connectivity index is 2.12. The van der Waals surface area contributed by atoms with Gasteiger partial charge in [-0.15, -0.1) is 0 Å². The summed E-state index contributed by atoms with van der Waals surface area (Å²) in [5, 5.41) is 2.50. The van der Waals surface area contributed by atoms with Gasteiger partial charge in [-0.25, -0.2) is 4.98 Å². The molecule has 1 heterocycles. The highest BCUT2D eigenvalue weighted by atomic mass is 19.4. The largest absolute Gasteiger partial charge is 0.433 e. The van der Waals surface area contributed by atoms with Gasteiger partial charge in [-0.05, 0) is 37.3 Å². The van der Waals surface area contributed by atoms with E-state index in [0.717, 1.165) is 11.6 Å². The van der Waals surface area contributed by atoms with Crippen molar-refractivity contribution in [2.75, 3.05) is 5.32 Å². The Morgan fingerprint density at radius 2 is 1.95 bits per heavy atom. The topological polar surface area (TPSA) is 42.0 Å². The van der Waals surface area contributed by atoms with Crippen LogP contribution in [0.15, 0.2) is 29.8 Å². The fourth-order valence-corrected chi connectivity index (χ4v) is 2.71. The molecule has 0 radical (unpaired) electrons. The first-order valence-corrected chi connectivity index (χ1v) is 7.03. The number of amides is 1.